The molecule has 2 aromatic carbocycles. The van der Waals surface area contributed by atoms with Crippen molar-refractivity contribution in [3.63, 3.8) is 0 Å². The second kappa shape index (κ2) is 11.9. The predicted molar refractivity (Wildman–Crippen MR) is 125 cm³/mol. The van der Waals surface area contributed by atoms with E-state index in [1.54, 1.807) is 0 Å². The minimum Gasteiger partial charge on any atom is -0.460 e. The van der Waals surface area contributed by atoms with Gasteiger partial charge in [0.2, 0.25) is 0 Å². The lowest BCUT2D eigenvalue weighted by atomic mass is 9.98. The molecule has 2 rings (SSSR count). The predicted octanol–water partition coefficient (Wildman–Crippen LogP) is 6.93. The van der Waals surface area contributed by atoms with E-state index in [1.165, 1.54) is 24.0 Å². The van der Waals surface area contributed by atoms with Crippen LogP contribution in [0.25, 0.3) is 0 Å². The van der Waals surface area contributed by atoms with Gasteiger partial charge in [0.15, 0.2) is 0 Å². The molecular formula is C27H39NO2. The highest BCUT2D eigenvalue weighted by Gasteiger charge is 2.28. The highest BCUT2D eigenvalue weighted by Crippen LogP contribution is 2.29. The number of benzene rings is 2. The molecule has 0 spiro atoms. The van der Waals surface area contributed by atoms with Crippen LogP contribution in [-0.4, -0.2) is 22.5 Å². The molecule has 0 aliphatic heterocycles. The fourth-order valence-corrected chi connectivity index (χ4v) is 3.89. The van der Waals surface area contributed by atoms with E-state index in [9.17, 15) is 4.79 Å². The van der Waals surface area contributed by atoms with E-state index in [-0.39, 0.29) is 18.1 Å². The van der Waals surface area contributed by atoms with Crippen molar-refractivity contribution in [3.8, 4) is 0 Å². The van der Waals surface area contributed by atoms with Crippen molar-refractivity contribution < 1.29 is 9.53 Å². The van der Waals surface area contributed by atoms with Crippen molar-refractivity contribution in [2.24, 2.45) is 0 Å². The first kappa shape index (κ1) is 24.1. The van der Waals surface area contributed by atoms with Gasteiger partial charge in [0, 0.05) is 18.6 Å². The largest absolute Gasteiger partial charge is 0.460 e. The maximum atomic E-state index is 12.8. The Morgan fingerprint density at radius 2 is 1.57 bits per heavy atom. The van der Waals surface area contributed by atoms with E-state index in [1.807, 2.05) is 26.8 Å². The smallest absolute Gasteiger partial charge is 0.307 e. The van der Waals surface area contributed by atoms with Crippen LogP contribution in [0, 0.1) is 0 Å². The van der Waals surface area contributed by atoms with Crippen molar-refractivity contribution >= 4 is 5.97 Å². The summed E-state index contributed by atoms with van der Waals surface area (Å²) in [5, 5.41) is 0. The van der Waals surface area contributed by atoms with E-state index in [0.717, 1.165) is 19.4 Å². The van der Waals surface area contributed by atoms with Gasteiger partial charge < -0.3 is 4.74 Å². The standard InChI is InChI=1S/C27H39NO2/c1-6-7-10-19-25(20-26(29)30-27(3,4)5)28(21-23-15-11-8-12-16-23)22(2)24-17-13-9-14-18-24/h8-9,11-18,22,25H,6-7,10,19-21H2,1-5H3/t22-,25-/m0/s1. The van der Waals surface area contributed by atoms with Crippen LogP contribution in [0.5, 0.6) is 0 Å². The molecule has 3 nitrogen and oxygen atoms in total. The summed E-state index contributed by atoms with van der Waals surface area (Å²) in [5.41, 5.74) is 2.09. The maximum Gasteiger partial charge on any atom is 0.307 e. The summed E-state index contributed by atoms with van der Waals surface area (Å²) in [6.45, 7) is 11.1. The zero-order valence-corrected chi connectivity index (χ0v) is 19.4. The summed E-state index contributed by atoms with van der Waals surface area (Å²) >= 11 is 0. The van der Waals surface area contributed by atoms with E-state index < -0.39 is 5.60 Å². The van der Waals surface area contributed by atoms with Crippen LogP contribution in [0.3, 0.4) is 0 Å². The van der Waals surface area contributed by atoms with Gasteiger partial charge in [0.25, 0.3) is 0 Å². The molecule has 0 fully saturated rings. The van der Waals surface area contributed by atoms with E-state index in [2.05, 4.69) is 73.3 Å². The molecule has 0 aliphatic rings. The molecule has 0 unspecified atom stereocenters. The number of esters is 1. The van der Waals surface area contributed by atoms with E-state index >= 15 is 0 Å². The fourth-order valence-electron chi connectivity index (χ4n) is 3.89. The van der Waals surface area contributed by atoms with E-state index in [4.69, 9.17) is 4.74 Å². The Morgan fingerprint density at radius 1 is 0.967 bits per heavy atom. The lowest BCUT2D eigenvalue weighted by molar-refractivity contribution is -0.156. The highest BCUT2D eigenvalue weighted by molar-refractivity contribution is 5.70. The van der Waals surface area contributed by atoms with Crippen LogP contribution in [-0.2, 0) is 16.1 Å². The first-order valence-electron chi connectivity index (χ1n) is 11.4. The van der Waals surface area contributed by atoms with Crippen molar-refractivity contribution in [1.29, 1.82) is 0 Å². The fraction of sp³-hybridized carbons (Fsp3) is 0.519. The van der Waals surface area contributed by atoms with Crippen LogP contribution in [0.1, 0.15) is 83.9 Å². The molecule has 0 heterocycles. The second-order valence-electron chi connectivity index (χ2n) is 9.18. The third-order valence-electron chi connectivity index (χ3n) is 5.42. The number of carbonyl (C=O) groups is 1. The van der Waals surface area contributed by atoms with Gasteiger partial charge >= 0.3 is 5.97 Å². The van der Waals surface area contributed by atoms with Crippen LogP contribution in [0.15, 0.2) is 60.7 Å². The third kappa shape index (κ3) is 8.31. The maximum absolute atomic E-state index is 12.8. The zero-order valence-electron chi connectivity index (χ0n) is 19.4. The lowest BCUT2D eigenvalue weighted by Gasteiger charge is -2.37. The van der Waals surface area contributed by atoms with Gasteiger partial charge in [-0.1, -0.05) is 86.8 Å². The Hall–Kier alpha value is -2.13. The molecule has 30 heavy (non-hydrogen) atoms. The Kier molecular flexibility index (Phi) is 9.58. The second-order valence-corrected chi connectivity index (χ2v) is 9.18. The normalized spacial score (nSPS) is 13.8. The molecule has 0 radical (unpaired) electrons. The molecule has 0 bridgehead atoms. The number of hydrogen-bond donors (Lipinski definition) is 0. The van der Waals surface area contributed by atoms with Gasteiger partial charge in [0.05, 0.1) is 6.42 Å². The topological polar surface area (TPSA) is 29.5 Å². The van der Waals surface area contributed by atoms with E-state index in [0.29, 0.717) is 6.42 Å². The van der Waals surface area contributed by atoms with Crippen molar-refractivity contribution in [2.45, 2.75) is 91.0 Å². The first-order valence-corrected chi connectivity index (χ1v) is 11.4. The highest BCUT2D eigenvalue weighted by atomic mass is 16.6. The monoisotopic (exact) mass is 409 g/mol. The van der Waals surface area contributed by atoms with Gasteiger partial charge in [-0.2, -0.15) is 0 Å². The molecule has 164 valence electrons. The third-order valence-corrected chi connectivity index (χ3v) is 5.42. The Balaban J connectivity index is 2.30. The number of nitrogens with zero attached hydrogens (tertiary/aromatic N) is 1. The number of unbranched alkanes of at least 4 members (excludes halogenated alkanes) is 2. The van der Waals surface area contributed by atoms with Gasteiger partial charge in [-0.15, -0.1) is 0 Å². The van der Waals surface area contributed by atoms with Crippen LogP contribution < -0.4 is 0 Å². The summed E-state index contributed by atoms with van der Waals surface area (Å²) < 4.78 is 5.69. The van der Waals surface area contributed by atoms with Crippen LogP contribution in [0.2, 0.25) is 0 Å². The van der Waals surface area contributed by atoms with Crippen molar-refractivity contribution in [2.75, 3.05) is 0 Å². The summed E-state index contributed by atoms with van der Waals surface area (Å²) in [6.07, 6.45) is 4.90. The molecule has 0 amide bonds. The Labute approximate surface area is 183 Å². The molecule has 0 aliphatic carbocycles. The van der Waals surface area contributed by atoms with Gasteiger partial charge in [-0.3, -0.25) is 9.69 Å². The first-order chi connectivity index (χ1) is 14.3. The summed E-state index contributed by atoms with van der Waals surface area (Å²) in [4.78, 5) is 15.3. The molecule has 0 aromatic heterocycles. The number of hydrogen-bond acceptors (Lipinski definition) is 3. The Morgan fingerprint density at radius 3 is 2.13 bits per heavy atom. The molecular weight excluding hydrogens is 370 g/mol. The molecule has 3 heteroatoms. The number of rotatable bonds is 11. The van der Waals surface area contributed by atoms with Crippen molar-refractivity contribution in [3.05, 3.63) is 71.8 Å². The summed E-state index contributed by atoms with van der Waals surface area (Å²) in [7, 11) is 0. The molecule has 2 aromatic rings. The number of ether oxygens (including phenoxy) is 1. The molecule has 0 saturated carbocycles. The van der Waals surface area contributed by atoms with Gasteiger partial charge in [-0.05, 0) is 45.2 Å². The van der Waals surface area contributed by atoms with Crippen LogP contribution >= 0.6 is 0 Å². The molecule has 0 saturated heterocycles. The SMILES string of the molecule is CCCCC[C@@H](CC(=O)OC(C)(C)C)N(Cc1ccccc1)[C@@H](C)c1ccccc1. The minimum atomic E-state index is -0.458. The Bertz CT molecular complexity index is 736. The molecule has 2 atom stereocenters. The summed E-state index contributed by atoms with van der Waals surface area (Å²) in [6, 6.07) is 21.5. The lowest BCUT2D eigenvalue weighted by Crippen LogP contribution is -2.39. The van der Waals surface area contributed by atoms with Gasteiger partial charge in [0.1, 0.15) is 5.60 Å². The average molecular weight is 410 g/mol. The van der Waals surface area contributed by atoms with Crippen LogP contribution in [0.4, 0.5) is 0 Å². The average Bonchev–Trinajstić information content (AvgIpc) is 2.71. The van der Waals surface area contributed by atoms with Gasteiger partial charge in [-0.25, -0.2) is 0 Å². The zero-order chi connectivity index (χ0) is 22.0. The van der Waals surface area contributed by atoms with Crippen molar-refractivity contribution in [1.82, 2.24) is 4.90 Å². The minimum absolute atomic E-state index is 0.109. The molecule has 0 N–H and O–H groups in total. The quantitative estimate of drug-likeness (QED) is 0.298. The summed E-state index contributed by atoms with van der Waals surface area (Å²) in [5.74, 6) is -0.109. The number of carbonyl (C=O) groups excluding carboxylic acids is 1.